The van der Waals surface area contributed by atoms with Gasteiger partial charge in [-0.2, -0.15) is 0 Å². The van der Waals surface area contributed by atoms with Crippen LogP contribution < -0.4 is 24.8 Å². The Morgan fingerprint density at radius 1 is 1.12 bits per heavy atom. The van der Waals surface area contributed by atoms with Crippen molar-refractivity contribution in [1.82, 2.24) is 0 Å². The molecule has 5 heteroatoms. The second kappa shape index (κ2) is 7.09. The van der Waals surface area contributed by atoms with Gasteiger partial charge in [-0.3, -0.25) is 0 Å². The van der Waals surface area contributed by atoms with Gasteiger partial charge in [0.15, 0.2) is 0 Å². The van der Waals surface area contributed by atoms with Gasteiger partial charge in [-0.1, -0.05) is 0 Å². The summed E-state index contributed by atoms with van der Waals surface area (Å²) in [5.41, 5.74) is 10.7. The van der Waals surface area contributed by atoms with Crippen molar-refractivity contribution in [3.05, 3.63) is 56.8 Å². The van der Waals surface area contributed by atoms with Crippen LogP contribution in [-0.4, -0.2) is 7.38 Å². The van der Waals surface area contributed by atoms with Gasteiger partial charge in [0.25, 0.3) is 0 Å². The summed E-state index contributed by atoms with van der Waals surface area (Å²) >= 11 is 8.28. The van der Waals surface area contributed by atoms with Crippen LogP contribution in [0.4, 0.5) is 0 Å². The summed E-state index contributed by atoms with van der Waals surface area (Å²) in [6.45, 7) is 11.5. The average molecular weight is 575 g/mol. The maximum atomic E-state index is 7.09. The van der Waals surface area contributed by atoms with Crippen molar-refractivity contribution < 1.29 is 49.2 Å². The fraction of sp³-hybridized carbons (Fsp3) is 0.400. The zero-order valence-corrected chi connectivity index (χ0v) is 22.1. The first-order valence-corrected chi connectivity index (χ1v) is 13.8. The molecule has 3 atom stereocenters. The molecule has 25 heavy (non-hydrogen) atoms. The van der Waals surface area contributed by atoms with Crippen molar-refractivity contribution in [1.29, 1.82) is 0 Å². The van der Waals surface area contributed by atoms with Crippen LogP contribution in [0.3, 0.4) is 0 Å². The van der Waals surface area contributed by atoms with Crippen molar-refractivity contribution in [3.63, 3.8) is 0 Å². The minimum atomic E-state index is -1.70. The number of rotatable bonds is 2. The van der Waals surface area contributed by atoms with Gasteiger partial charge in [-0.05, 0) is 0 Å². The topological polar surface area (TPSA) is 0 Å². The molecular formula is C20H22Cl3HfSi. The molecule has 1 aromatic carbocycles. The van der Waals surface area contributed by atoms with Gasteiger partial charge in [0, 0.05) is 0 Å². The SMILES string of the molecule is CC[Si]1(Cl)C2=C1[CH]([Hf+2])c1cccc(C3=C(C)C(C)=C(C)C3C)c12.[Cl-].[Cl-]. The maximum absolute atomic E-state index is 7.09. The number of halogens is 3. The van der Waals surface area contributed by atoms with E-state index >= 15 is 0 Å². The Hall–Kier alpha value is 0.397. The van der Waals surface area contributed by atoms with E-state index in [0.717, 1.165) is 6.04 Å². The van der Waals surface area contributed by atoms with E-state index in [1.54, 1.807) is 27.1 Å². The number of hydrogen-bond acceptors (Lipinski definition) is 0. The van der Waals surface area contributed by atoms with E-state index in [4.69, 9.17) is 11.1 Å². The second-order valence-electron chi connectivity index (χ2n) is 7.21. The number of fused-ring (bicyclic) bond motifs is 2. The monoisotopic (exact) mass is 575 g/mol. The van der Waals surface area contributed by atoms with E-state index < -0.39 is 7.38 Å². The molecule has 1 aromatic rings. The van der Waals surface area contributed by atoms with Crippen molar-refractivity contribution in [3.8, 4) is 0 Å². The summed E-state index contributed by atoms with van der Waals surface area (Å²) in [6, 6.07) is 8.14. The average Bonchev–Trinajstić information content (AvgIpc) is 2.96. The molecule has 2 aliphatic carbocycles. The van der Waals surface area contributed by atoms with Crippen molar-refractivity contribution in [2.45, 2.75) is 44.3 Å². The molecule has 3 aliphatic rings. The first-order chi connectivity index (χ1) is 10.8. The molecule has 131 valence electrons. The molecule has 0 N–H and O–H groups in total. The zero-order chi connectivity index (χ0) is 16.7. The Labute approximate surface area is 184 Å². The number of allylic oxidation sites excluding steroid dienone is 5. The Kier molecular flexibility index (Phi) is 6.15. The molecule has 0 aromatic heterocycles. The Morgan fingerprint density at radius 2 is 1.76 bits per heavy atom. The first-order valence-electron chi connectivity index (χ1n) is 8.51. The minimum absolute atomic E-state index is 0. The summed E-state index contributed by atoms with van der Waals surface area (Å²) < 4.78 is 0.678. The number of hydrogen-bond donors (Lipinski definition) is 0. The molecule has 0 nitrogen and oxygen atoms in total. The predicted octanol–water partition coefficient (Wildman–Crippen LogP) is 0.106. The van der Waals surface area contributed by atoms with Crippen LogP contribution in [0.1, 0.15) is 55.0 Å². The molecule has 1 aliphatic heterocycles. The Balaban J connectivity index is 0.00000113. The Morgan fingerprint density at radius 3 is 2.28 bits per heavy atom. The molecule has 4 rings (SSSR count). The molecule has 0 saturated heterocycles. The van der Waals surface area contributed by atoms with Gasteiger partial charge in [0.1, 0.15) is 0 Å². The van der Waals surface area contributed by atoms with Gasteiger partial charge >= 0.3 is 161 Å². The van der Waals surface area contributed by atoms with Crippen molar-refractivity contribution >= 4 is 29.2 Å². The standard InChI is InChI=1S/C20H22ClSi.2ClH.Hf/c1-6-22(21)17-10-15-8-7-9-16(19(15)20(17)22)18-13(4)11(2)12(3)14(18)5;;;/h7-10,13H,6H2,1-5H3;2*1H;/q;;;+2/p-2. The van der Waals surface area contributed by atoms with E-state index in [1.807, 2.05) is 0 Å². The zero-order valence-electron chi connectivity index (χ0n) is 15.2. The van der Waals surface area contributed by atoms with Crippen molar-refractivity contribution in [2.24, 2.45) is 5.92 Å². The maximum Gasteiger partial charge on any atom is -1.00 e. The first kappa shape index (κ1) is 21.7. The molecule has 1 heterocycles. The second-order valence-corrected chi connectivity index (χ2v) is 14.6. The summed E-state index contributed by atoms with van der Waals surface area (Å²) in [6.07, 6.45) is 0. The van der Waals surface area contributed by atoms with Crippen LogP contribution in [-0.2, 0) is 24.4 Å². The van der Waals surface area contributed by atoms with Gasteiger partial charge in [-0.25, -0.2) is 0 Å². The normalized spacial score (nSPS) is 29.4. The van der Waals surface area contributed by atoms with Crippen molar-refractivity contribution in [2.75, 3.05) is 0 Å². The fourth-order valence-electron chi connectivity index (χ4n) is 4.66. The third kappa shape index (κ3) is 2.69. The Bertz CT molecular complexity index is 852. The van der Waals surface area contributed by atoms with Crippen LogP contribution >= 0.6 is 11.1 Å². The third-order valence-electron chi connectivity index (χ3n) is 6.39. The summed E-state index contributed by atoms with van der Waals surface area (Å²) in [7, 11) is -1.70. The quantitative estimate of drug-likeness (QED) is 0.347. The molecule has 0 saturated carbocycles. The summed E-state index contributed by atoms with van der Waals surface area (Å²) in [5.74, 6) is 0.533. The van der Waals surface area contributed by atoms with E-state index in [-0.39, 0.29) is 24.8 Å². The van der Waals surface area contributed by atoms with E-state index in [9.17, 15) is 0 Å². The third-order valence-corrected chi connectivity index (χ3v) is 15.0. The molecular weight excluding hydrogens is 553 g/mol. The van der Waals surface area contributed by atoms with Gasteiger partial charge in [0.05, 0.1) is 0 Å². The van der Waals surface area contributed by atoms with Crippen LogP contribution in [0, 0.1) is 5.92 Å². The predicted molar refractivity (Wildman–Crippen MR) is 98.3 cm³/mol. The molecule has 0 radical (unpaired) electrons. The molecule has 0 spiro atoms. The van der Waals surface area contributed by atoms with Gasteiger partial charge in [-0.15, -0.1) is 0 Å². The largest absolute Gasteiger partial charge is 1.00 e. The summed E-state index contributed by atoms with van der Waals surface area (Å²) in [4.78, 5) is 0. The van der Waals surface area contributed by atoms with Crippen LogP contribution in [0.25, 0.3) is 10.8 Å². The van der Waals surface area contributed by atoms with E-state index in [0.29, 0.717) is 9.59 Å². The fourth-order valence-corrected chi connectivity index (χ4v) is 14.9. The molecule has 0 fully saturated rings. The van der Waals surface area contributed by atoms with Gasteiger partial charge in [0.2, 0.25) is 0 Å². The number of benzene rings is 1. The molecule has 0 amide bonds. The summed E-state index contributed by atoms with van der Waals surface area (Å²) in [5, 5.41) is 3.29. The molecule has 3 unspecified atom stereocenters. The van der Waals surface area contributed by atoms with Crippen LogP contribution in [0.5, 0.6) is 0 Å². The molecule has 0 bridgehead atoms. The van der Waals surface area contributed by atoms with Crippen LogP contribution in [0.15, 0.2) is 40.1 Å². The van der Waals surface area contributed by atoms with Crippen LogP contribution in [0.2, 0.25) is 6.04 Å². The van der Waals surface area contributed by atoms with E-state index in [2.05, 4.69) is 52.8 Å². The van der Waals surface area contributed by atoms with Gasteiger partial charge < -0.3 is 24.8 Å². The van der Waals surface area contributed by atoms with E-state index in [1.165, 1.54) is 46.7 Å². The smallest absolute Gasteiger partial charge is 1.00 e. The minimum Gasteiger partial charge on any atom is -1.00 e.